The van der Waals surface area contributed by atoms with Crippen molar-refractivity contribution in [1.82, 2.24) is 4.98 Å². The second-order valence-electron chi connectivity index (χ2n) is 4.91. The van der Waals surface area contributed by atoms with Gasteiger partial charge in [-0.2, -0.15) is 0 Å². The molecule has 1 aromatic carbocycles. The number of hydrogen-bond acceptors (Lipinski definition) is 3. The predicted octanol–water partition coefficient (Wildman–Crippen LogP) is 2.62. The molecule has 1 atom stereocenters. The summed E-state index contributed by atoms with van der Waals surface area (Å²) in [5.41, 5.74) is 0.135. The van der Waals surface area contributed by atoms with Gasteiger partial charge in [0.25, 0.3) is 0 Å². The molecule has 1 fully saturated rings. The van der Waals surface area contributed by atoms with Crippen LogP contribution in [-0.2, 0) is 10.3 Å². The maximum Gasteiger partial charge on any atom is 0.0940 e. The summed E-state index contributed by atoms with van der Waals surface area (Å²) < 4.78 is 5.44. The fourth-order valence-electron chi connectivity index (χ4n) is 2.69. The summed E-state index contributed by atoms with van der Waals surface area (Å²) >= 11 is 0. The van der Waals surface area contributed by atoms with Gasteiger partial charge in [0.15, 0.2) is 0 Å². The maximum atomic E-state index is 10.9. The van der Waals surface area contributed by atoms with Gasteiger partial charge in [-0.15, -0.1) is 0 Å². The van der Waals surface area contributed by atoms with Gasteiger partial charge in [0.05, 0.1) is 5.60 Å². The number of nitrogens with zero attached hydrogens (tertiary/aromatic N) is 1. The van der Waals surface area contributed by atoms with Gasteiger partial charge < -0.3 is 9.84 Å². The molecule has 94 valence electrons. The fourth-order valence-corrected chi connectivity index (χ4v) is 2.69. The zero-order valence-electron chi connectivity index (χ0n) is 10.3. The lowest BCUT2D eigenvalue weighted by molar-refractivity contribution is 0.0155. The van der Waals surface area contributed by atoms with Crippen LogP contribution in [0, 0.1) is 0 Å². The first-order chi connectivity index (χ1) is 8.80. The number of aromatic nitrogens is 1. The molecule has 0 aliphatic carbocycles. The lowest BCUT2D eigenvalue weighted by Crippen LogP contribution is -2.26. The van der Waals surface area contributed by atoms with Crippen LogP contribution in [0.1, 0.15) is 24.8 Å². The lowest BCUT2D eigenvalue weighted by atomic mass is 9.85. The van der Waals surface area contributed by atoms with Crippen molar-refractivity contribution in [3.8, 4) is 0 Å². The molecule has 0 saturated carbocycles. The fraction of sp³-hybridized carbons (Fsp3) is 0.400. The molecule has 1 aliphatic rings. The summed E-state index contributed by atoms with van der Waals surface area (Å²) in [5.74, 6) is 0. The van der Waals surface area contributed by atoms with Gasteiger partial charge in [0, 0.05) is 43.0 Å². The number of pyridine rings is 1. The second kappa shape index (κ2) is 4.67. The molecule has 2 heterocycles. The Morgan fingerprint density at radius 3 is 2.94 bits per heavy atom. The van der Waals surface area contributed by atoms with Gasteiger partial charge in [-0.05, 0) is 18.2 Å². The minimum Gasteiger partial charge on any atom is -0.385 e. The molecule has 0 amide bonds. The van der Waals surface area contributed by atoms with Crippen molar-refractivity contribution in [2.75, 3.05) is 13.2 Å². The van der Waals surface area contributed by atoms with Crippen molar-refractivity contribution in [3.05, 3.63) is 42.2 Å². The van der Waals surface area contributed by atoms with Crippen LogP contribution in [0.4, 0.5) is 0 Å². The van der Waals surface area contributed by atoms with E-state index in [0.29, 0.717) is 13.0 Å². The first kappa shape index (κ1) is 11.6. The van der Waals surface area contributed by atoms with E-state index in [0.717, 1.165) is 35.8 Å². The summed E-state index contributed by atoms with van der Waals surface area (Å²) in [5, 5.41) is 13.1. The van der Waals surface area contributed by atoms with Crippen molar-refractivity contribution >= 4 is 10.8 Å². The molecule has 1 unspecified atom stereocenters. The van der Waals surface area contributed by atoms with Crippen LogP contribution in [0.5, 0.6) is 0 Å². The lowest BCUT2D eigenvalue weighted by Gasteiger charge is -2.27. The van der Waals surface area contributed by atoms with E-state index in [9.17, 15) is 5.11 Å². The summed E-state index contributed by atoms with van der Waals surface area (Å²) in [6, 6.07) is 8.08. The number of rotatable bonds is 1. The molecule has 3 nitrogen and oxygen atoms in total. The summed E-state index contributed by atoms with van der Waals surface area (Å²) in [6.45, 7) is 1.35. The second-order valence-corrected chi connectivity index (χ2v) is 4.91. The van der Waals surface area contributed by atoms with Crippen LogP contribution >= 0.6 is 0 Å². The van der Waals surface area contributed by atoms with Crippen LogP contribution in [0.2, 0.25) is 0 Å². The van der Waals surface area contributed by atoms with Crippen molar-refractivity contribution in [2.45, 2.75) is 24.9 Å². The number of fused-ring (bicyclic) bond motifs is 1. The van der Waals surface area contributed by atoms with Gasteiger partial charge in [-0.25, -0.2) is 0 Å². The minimum absolute atomic E-state index is 0.611. The van der Waals surface area contributed by atoms with Gasteiger partial charge in [0.1, 0.15) is 0 Å². The van der Waals surface area contributed by atoms with Crippen molar-refractivity contribution in [2.24, 2.45) is 0 Å². The predicted molar refractivity (Wildman–Crippen MR) is 70.3 cm³/mol. The Morgan fingerprint density at radius 2 is 2.00 bits per heavy atom. The highest BCUT2D eigenvalue weighted by molar-refractivity contribution is 5.85. The Balaban J connectivity index is 2.12. The van der Waals surface area contributed by atoms with Gasteiger partial charge in [0.2, 0.25) is 0 Å². The van der Waals surface area contributed by atoms with E-state index in [2.05, 4.69) is 11.1 Å². The molecule has 3 rings (SSSR count). The highest BCUT2D eigenvalue weighted by atomic mass is 16.5. The van der Waals surface area contributed by atoms with Crippen LogP contribution in [0.15, 0.2) is 36.7 Å². The van der Waals surface area contributed by atoms with Crippen molar-refractivity contribution < 1.29 is 9.84 Å². The molecule has 1 N–H and O–H groups in total. The first-order valence-electron chi connectivity index (χ1n) is 6.43. The SMILES string of the molecule is OC1(c2cncc3ccccc23)CCCOCC1. The molecule has 1 aromatic heterocycles. The third kappa shape index (κ3) is 2.00. The van der Waals surface area contributed by atoms with Crippen LogP contribution in [0.3, 0.4) is 0 Å². The number of aliphatic hydroxyl groups is 1. The van der Waals surface area contributed by atoms with Gasteiger partial charge in [-0.3, -0.25) is 4.98 Å². The quantitative estimate of drug-likeness (QED) is 0.837. The smallest absolute Gasteiger partial charge is 0.0940 e. The molecular formula is C15H17NO2. The van der Waals surface area contributed by atoms with E-state index in [1.165, 1.54) is 0 Å². The molecule has 2 aromatic rings. The third-order valence-corrected chi connectivity index (χ3v) is 3.71. The number of hydrogen-bond donors (Lipinski definition) is 1. The van der Waals surface area contributed by atoms with Crippen LogP contribution in [0.25, 0.3) is 10.8 Å². The third-order valence-electron chi connectivity index (χ3n) is 3.71. The molecule has 1 aliphatic heterocycles. The molecule has 18 heavy (non-hydrogen) atoms. The largest absolute Gasteiger partial charge is 0.385 e. The zero-order valence-corrected chi connectivity index (χ0v) is 10.3. The first-order valence-corrected chi connectivity index (χ1v) is 6.43. The Kier molecular flexibility index (Phi) is 3.02. The van der Waals surface area contributed by atoms with Crippen molar-refractivity contribution in [3.63, 3.8) is 0 Å². The summed E-state index contributed by atoms with van der Waals surface area (Å²) in [7, 11) is 0. The van der Waals surface area contributed by atoms with E-state index in [-0.39, 0.29) is 0 Å². The van der Waals surface area contributed by atoms with Gasteiger partial charge >= 0.3 is 0 Å². The number of ether oxygens (including phenoxy) is 1. The topological polar surface area (TPSA) is 42.4 Å². The average molecular weight is 243 g/mol. The monoisotopic (exact) mass is 243 g/mol. The van der Waals surface area contributed by atoms with E-state index in [1.54, 1.807) is 6.20 Å². The van der Waals surface area contributed by atoms with Crippen LogP contribution in [-0.4, -0.2) is 23.3 Å². The van der Waals surface area contributed by atoms with Crippen LogP contribution < -0.4 is 0 Å². The molecule has 0 spiro atoms. The average Bonchev–Trinajstić information content (AvgIpc) is 2.64. The zero-order chi connectivity index (χ0) is 12.4. The van der Waals surface area contributed by atoms with E-state index in [4.69, 9.17) is 4.74 Å². The summed E-state index contributed by atoms with van der Waals surface area (Å²) in [4.78, 5) is 4.26. The van der Waals surface area contributed by atoms with E-state index < -0.39 is 5.60 Å². The molecule has 0 radical (unpaired) electrons. The molecule has 1 saturated heterocycles. The van der Waals surface area contributed by atoms with Crippen molar-refractivity contribution in [1.29, 1.82) is 0 Å². The maximum absolute atomic E-state index is 10.9. The molecular weight excluding hydrogens is 226 g/mol. The Morgan fingerprint density at radius 1 is 1.11 bits per heavy atom. The van der Waals surface area contributed by atoms with E-state index >= 15 is 0 Å². The highest BCUT2D eigenvalue weighted by Gasteiger charge is 2.32. The Labute approximate surface area is 106 Å². The Bertz CT molecular complexity index is 540. The normalized spacial score (nSPS) is 24.9. The summed E-state index contributed by atoms with van der Waals surface area (Å²) in [6.07, 6.45) is 5.91. The van der Waals surface area contributed by atoms with E-state index in [1.807, 2.05) is 24.4 Å². The minimum atomic E-state index is -0.801. The Hall–Kier alpha value is -1.45. The highest BCUT2D eigenvalue weighted by Crippen LogP contribution is 2.35. The molecule has 0 bridgehead atoms. The molecule has 3 heteroatoms. The number of benzene rings is 1. The van der Waals surface area contributed by atoms with Gasteiger partial charge in [-0.1, -0.05) is 24.3 Å². The standard InChI is InChI=1S/C15H17NO2/c17-15(6-3-8-18-9-7-15)14-11-16-10-12-4-1-2-5-13(12)14/h1-2,4-5,10-11,17H,3,6-9H2.